The van der Waals surface area contributed by atoms with Crippen molar-refractivity contribution in [2.75, 3.05) is 25.6 Å². The van der Waals surface area contributed by atoms with E-state index < -0.39 is 24.5 Å². The third-order valence-corrected chi connectivity index (χ3v) is 3.55. The molecule has 0 bridgehead atoms. The molecule has 9 heteroatoms. The first-order valence-electron chi connectivity index (χ1n) is 6.52. The van der Waals surface area contributed by atoms with Crippen molar-refractivity contribution in [2.45, 2.75) is 24.5 Å². The van der Waals surface area contributed by atoms with E-state index in [1.165, 1.54) is 17.2 Å². The summed E-state index contributed by atoms with van der Waals surface area (Å²) in [6.45, 7) is -0.376. The van der Waals surface area contributed by atoms with Gasteiger partial charge in [-0.15, -0.1) is 0 Å². The van der Waals surface area contributed by atoms with E-state index in [1.54, 1.807) is 4.90 Å². The molecule has 1 saturated heterocycles. The zero-order valence-electron chi connectivity index (χ0n) is 11.7. The fraction of sp³-hybridized carbons (Fsp3) is 0.583. The molecule has 9 nitrogen and oxygen atoms in total. The fourth-order valence-corrected chi connectivity index (χ4v) is 2.46. The Hall–Kier alpha value is -1.81. The van der Waals surface area contributed by atoms with Gasteiger partial charge in [-0.25, -0.2) is 15.0 Å². The second-order valence-electron chi connectivity index (χ2n) is 5.14. The Morgan fingerprint density at radius 2 is 2.00 bits per heavy atom. The number of hydrogen-bond acceptors (Lipinski definition) is 8. The van der Waals surface area contributed by atoms with Crippen LogP contribution in [0.1, 0.15) is 6.23 Å². The molecule has 0 radical (unpaired) electrons. The van der Waals surface area contributed by atoms with Crippen LogP contribution in [-0.4, -0.2) is 73.9 Å². The van der Waals surface area contributed by atoms with E-state index in [0.29, 0.717) is 17.0 Å². The van der Waals surface area contributed by atoms with E-state index in [1.807, 2.05) is 14.1 Å². The van der Waals surface area contributed by atoms with Gasteiger partial charge in [-0.1, -0.05) is 0 Å². The van der Waals surface area contributed by atoms with Crippen LogP contribution in [0.4, 0.5) is 5.82 Å². The Bertz CT molecular complexity index is 646. The Labute approximate surface area is 120 Å². The van der Waals surface area contributed by atoms with Gasteiger partial charge in [0.15, 0.2) is 23.2 Å². The fourth-order valence-electron chi connectivity index (χ4n) is 2.46. The highest BCUT2D eigenvalue weighted by Crippen LogP contribution is 2.32. The van der Waals surface area contributed by atoms with E-state index in [4.69, 9.17) is 9.84 Å². The highest BCUT2D eigenvalue weighted by molar-refractivity contribution is 5.83. The molecule has 0 aromatic carbocycles. The number of imidazole rings is 1. The Kier molecular flexibility index (Phi) is 3.49. The smallest absolute Gasteiger partial charge is 0.167 e. The molecule has 2 aromatic rings. The van der Waals surface area contributed by atoms with E-state index in [-0.39, 0.29) is 6.61 Å². The highest BCUT2D eigenvalue weighted by atomic mass is 16.6. The van der Waals surface area contributed by atoms with Crippen molar-refractivity contribution in [1.29, 1.82) is 0 Å². The summed E-state index contributed by atoms with van der Waals surface area (Å²) in [7, 11) is 3.68. The van der Waals surface area contributed by atoms with Gasteiger partial charge in [0, 0.05) is 14.1 Å². The Balaban J connectivity index is 2.04. The number of ether oxygens (including phenoxy) is 1. The van der Waals surface area contributed by atoms with Crippen molar-refractivity contribution < 1.29 is 20.1 Å². The van der Waals surface area contributed by atoms with Crippen molar-refractivity contribution in [3.8, 4) is 0 Å². The molecular formula is C12H17N5O4. The molecule has 1 aliphatic heterocycles. The Morgan fingerprint density at radius 3 is 2.62 bits per heavy atom. The predicted molar refractivity (Wildman–Crippen MR) is 72.7 cm³/mol. The summed E-state index contributed by atoms with van der Waals surface area (Å²) < 4.78 is 7.02. The molecule has 4 atom stereocenters. The van der Waals surface area contributed by atoms with Crippen molar-refractivity contribution >= 4 is 17.0 Å². The van der Waals surface area contributed by atoms with Crippen LogP contribution >= 0.6 is 0 Å². The average Bonchev–Trinajstić information content (AvgIpc) is 3.01. The normalized spacial score (nSPS) is 29.2. The molecule has 21 heavy (non-hydrogen) atoms. The van der Waals surface area contributed by atoms with Crippen molar-refractivity contribution in [2.24, 2.45) is 0 Å². The summed E-state index contributed by atoms with van der Waals surface area (Å²) in [6, 6.07) is 0. The van der Waals surface area contributed by atoms with Gasteiger partial charge in [0.1, 0.15) is 24.6 Å². The molecule has 3 N–H and O–H groups in total. The molecule has 0 amide bonds. The number of aliphatic hydroxyl groups is 3. The second-order valence-corrected chi connectivity index (χ2v) is 5.14. The number of aromatic nitrogens is 4. The topological polar surface area (TPSA) is 117 Å². The molecule has 0 saturated carbocycles. The molecule has 1 unspecified atom stereocenters. The van der Waals surface area contributed by atoms with Crippen molar-refractivity contribution in [3.63, 3.8) is 0 Å². The van der Waals surface area contributed by atoms with Crippen LogP contribution in [0.2, 0.25) is 0 Å². The molecule has 0 spiro atoms. The van der Waals surface area contributed by atoms with E-state index >= 15 is 0 Å². The van der Waals surface area contributed by atoms with Crippen LogP contribution < -0.4 is 4.90 Å². The first-order chi connectivity index (χ1) is 10.0. The van der Waals surface area contributed by atoms with Crippen LogP contribution in [0, 0.1) is 0 Å². The second kappa shape index (κ2) is 5.19. The van der Waals surface area contributed by atoms with Gasteiger partial charge in [-0.2, -0.15) is 0 Å². The standard InChI is InChI=1S/C12H17N5O4/c1-16(2)10-7-11(14-4-13-10)17(5-15-7)12-9(20)8(19)6(3-18)21-12/h4-6,8-9,12,18-20H,3H2,1-2H3/t6-,8+,9?,12-/m0/s1. The molecule has 3 rings (SSSR count). The number of hydrogen-bond donors (Lipinski definition) is 3. The van der Waals surface area contributed by atoms with E-state index in [2.05, 4.69) is 15.0 Å². The largest absolute Gasteiger partial charge is 0.394 e. The van der Waals surface area contributed by atoms with Crippen LogP contribution in [0.5, 0.6) is 0 Å². The summed E-state index contributed by atoms with van der Waals surface area (Å²) >= 11 is 0. The molecule has 114 valence electrons. The van der Waals surface area contributed by atoms with Gasteiger partial charge in [0.2, 0.25) is 0 Å². The molecule has 0 aliphatic carbocycles. The van der Waals surface area contributed by atoms with Gasteiger partial charge in [0.05, 0.1) is 12.9 Å². The average molecular weight is 295 g/mol. The summed E-state index contributed by atoms with van der Waals surface area (Å²) in [4.78, 5) is 14.4. The quantitative estimate of drug-likeness (QED) is 0.626. The third-order valence-electron chi connectivity index (χ3n) is 3.55. The van der Waals surface area contributed by atoms with Gasteiger partial charge in [-0.3, -0.25) is 4.57 Å². The lowest BCUT2D eigenvalue weighted by Gasteiger charge is -2.17. The number of nitrogens with zero attached hydrogens (tertiary/aromatic N) is 5. The maximum atomic E-state index is 10.1. The Morgan fingerprint density at radius 1 is 1.24 bits per heavy atom. The van der Waals surface area contributed by atoms with E-state index in [9.17, 15) is 10.2 Å². The lowest BCUT2D eigenvalue weighted by molar-refractivity contribution is -0.0511. The van der Waals surface area contributed by atoms with Gasteiger partial charge < -0.3 is 25.0 Å². The van der Waals surface area contributed by atoms with E-state index in [0.717, 1.165) is 0 Å². The predicted octanol–water partition coefficient (Wildman–Crippen LogP) is -1.50. The monoisotopic (exact) mass is 295 g/mol. The minimum atomic E-state index is -1.17. The van der Waals surface area contributed by atoms with Gasteiger partial charge in [-0.05, 0) is 0 Å². The number of fused-ring (bicyclic) bond motifs is 1. The molecule has 3 heterocycles. The first kappa shape index (κ1) is 14.1. The minimum Gasteiger partial charge on any atom is -0.394 e. The zero-order valence-corrected chi connectivity index (χ0v) is 11.7. The maximum absolute atomic E-state index is 10.1. The SMILES string of the molecule is CN(C)c1ncnc2c1ncn2[C@H]1O[C@@H](CO)[C@@H](O)C1O. The zero-order chi connectivity index (χ0) is 15.1. The molecule has 1 fully saturated rings. The highest BCUT2D eigenvalue weighted by Gasteiger charge is 2.44. The summed E-state index contributed by atoms with van der Waals surface area (Å²) in [5.74, 6) is 0.644. The van der Waals surface area contributed by atoms with Crippen LogP contribution in [0.25, 0.3) is 11.2 Å². The number of anilines is 1. The lowest BCUT2D eigenvalue weighted by Crippen LogP contribution is -2.33. The number of rotatable bonds is 3. The van der Waals surface area contributed by atoms with Crippen LogP contribution in [0.15, 0.2) is 12.7 Å². The lowest BCUT2D eigenvalue weighted by atomic mass is 10.1. The molecule has 1 aliphatic rings. The van der Waals surface area contributed by atoms with Crippen molar-refractivity contribution in [1.82, 2.24) is 19.5 Å². The molecular weight excluding hydrogens is 278 g/mol. The number of aliphatic hydroxyl groups excluding tert-OH is 3. The summed E-state index contributed by atoms with van der Waals surface area (Å²) in [5.41, 5.74) is 1.06. The third kappa shape index (κ3) is 2.14. The molecule has 2 aromatic heterocycles. The van der Waals surface area contributed by atoms with Gasteiger partial charge in [0.25, 0.3) is 0 Å². The summed E-state index contributed by atoms with van der Waals surface area (Å²) in [6.07, 6.45) is -1.14. The minimum absolute atomic E-state index is 0.376. The van der Waals surface area contributed by atoms with Crippen molar-refractivity contribution in [3.05, 3.63) is 12.7 Å². The maximum Gasteiger partial charge on any atom is 0.167 e. The summed E-state index contributed by atoms with van der Waals surface area (Å²) in [5, 5.41) is 29.1. The van der Waals surface area contributed by atoms with Gasteiger partial charge >= 0.3 is 0 Å². The van der Waals surface area contributed by atoms with Crippen LogP contribution in [0.3, 0.4) is 0 Å². The van der Waals surface area contributed by atoms with Crippen LogP contribution in [-0.2, 0) is 4.74 Å². The first-order valence-corrected chi connectivity index (χ1v) is 6.52.